The molecule has 1 unspecified atom stereocenters. The minimum Gasteiger partial charge on any atom is -0.390 e. The van der Waals surface area contributed by atoms with Crippen LogP contribution in [0.1, 0.15) is 84.5 Å². The average molecular weight is 299 g/mol. The first kappa shape index (κ1) is 18.9. The number of aliphatic hydroxyl groups excluding tert-OH is 1. The van der Waals surface area contributed by atoms with Gasteiger partial charge in [-0.05, 0) is 12.8 Å². The quantitative estimate of drug-likeness (QED) is 0.540. The first-order chi connectivity index (χ1) is 10.2. The molecule has 3 atom stereocenters. The molecule has 126 valence electrons. The summed E-state index contributed by atoms with van der Waals surface area (Å²) in [6, 6.07) is 0.606. The highest BCUT2D eigenvalue weighted by atomic mass is 16.3. The van der Waals surface area contributed by atoms with Crippen LogP contribution in [0.2, 0.25) is 0 Å². The van der Waals surface area contributed by atoms with Gasteiger partial charge in [-0.15, -0.1) is 0 Å². The highest BCUT2D eigenvalue weighted by molar-refractivity contribution is 4.90. The fourth-order valence-corrected chi connectivity index (χ4v) is 3.44. The van der Waals surface area contributed by atoms with Gasteiger partial charge in [0.15, 0.2) is 0 Å². The van der Waals surface area contributed by atoms with E-state index in [0.29, 0.717) is 6.04 Å². The third-order valence-electron chi connectivity index (χ3n) is 4.91. The number of rotatable bonds is 12. The fraction of sp³-hybridized carbons (Fsp3) is 1.00. The minimum absolute atomic E-state index is 0.0387. The Labute approximate surface area is 132 Å². The first-order valence-electron chi connectivity index (χ1n) is 9.36. The summed E-state index contributed by atoms with van der Waals surface area (Å²) in [4.78, 5) is 2.46. The van der Waals surface area contributed by atoms with Gasteiger partial charge in [-0.3, -0.25) is 4.90 Å². The number of hydrogen-bond donors (Lipinski definition) is 2. The standard InChI is InChI=1S/C18H38N2O/c1-3-5-7-9-11-13-16(12-10-8-6-4-2)20-14-17(19)18(21)15-20/h16-18,21H,3-15,19H2,1-2H3/t16?,17-,18+/m1/s1. The largest absolute Gasteiger partial charge is 0.390 e. The lowest BCUT2D eigenvalue weighted by molar-refractivity contribution is 0.145. The van der Waals surface area contributed by atoms with Gasteiger partial charge >= 0.3 is 0 Å². The van der Waals surface area contributed by atoms with Crippen molar-refractivity contribution in [3.05, 3.63) is 0 Å². The van der Waals surface area contributed by atoms with Gasteiger partial charge in [0.2, 0.25) is 0 Å². The monoisotopic (exact) mass is 298 g/mol. The van der Waals surface area contributed by atoms with Gasteiger partial charge < -0.3 is 10.8 Å². The summed E-state index contributed by atoms with van der Waals surface area (Å²) >= 11 is 0. The molecule has 1 saturated heterocycles. The molecule has 0 bridgehead atoms. The van der Waals surface area contributed by atoms with Crippen molar-refractivity contribution in [1.82, 2.24) is 4.90 Å². The van der Waals surface area contributed by atoms with Crippen LogP contribution in [0, 0.1) is 0 Å². The summed E-state index contributed by atoms with van der Waals surface area (Å²) in [5.74, 6) is 0. The lowest BCUT2D eigenvalue weighted by Gasteiger charge is -2.28. The molecule has 3 N–H and O–H groups in total. The Kier molecular flexibility index (Phi) is 10.3. The van der Waals surface area contributed by atoms with Gasteiger partial charge in [-0.25, -0.2) is 0 Å². The lowest BCUT2D eigenvalue weighted by Crippen LogP contribution is -2.35. The molecule has 0 aromatic rings. The number of likely N-dealkylation sites (tertiary alicyclic amines) is 1. The first-order valence-corrected chi connectivity index (χ1v) is 9.36. The predicted octanol–water partition coefficient (Wildman–Crippen LogP) is 3.69. The number of aliphatic hydroxyl groups is 1. The van der Waals surface area contributed by atoms with Gasteiger partial charge in [0, 0.05) is 25.2 Å². The van der Waals surface area contributed by atoms with Gasteiger partial charge in [0.05, 0.1) is 6.10 Å². The summed E-state index contributed by atoms with van der Waals surface area (Å²) in [7, 11) is 0. The van der Waals surface area contributed by atoms with E-state index >= 15 is 0 Å². The molecule has 1 fully saturated rings. The topological polar surface area (TPSA) is 49.5 Å². The molecule has 1 aliphatic heterocycles. The number of nitrogens with two attached hydrogens (primary N) is 1. The van der Waals surface area contributed by atoms with Crippen molar-refractivity contribution in [2.75, 3.05) is 13.1 Å². The van der Waals surface area contributed by atoms with Crippen LogP contribution in [-0.4, -0.2) is 41.3 Å². The number of unbranched alkanes of at least 4 members (excludes halogenated alkanes) is 7. The SMILES string of the molecule is CCCCCCCC(CCCCCC)N1C[C@@H](N)[C@@H](O)C1. The lowest BCUT2D eigenvalue weighted by atomic mass is 9.99. The molecular weight excluding hydrogens is 260 g/mol. The van der Waals surface area contributed by atoms with E-state index < -0.39 is 0 Å². The Morgan fingerprint density at radius 2 is 1.43 bits per heavy atom. The fourth-order valence-electron chi connectivity index (χ4n) is 3.44. The molecule has 3 heteroatoms. The number of nitrogens with zero attached hydrogens (tertiary/aromatic N) is 1. The van der Waals surface area contributed by atoms with Crippen molar-refractivity contribution < 1.29 is 5.11 Å². The van der Waals surface area contributed by atoms with Crippen LogP contribution >= 0.6 is 0 Å². The number of hydrogen-bond acceptors (Lipinski definition) is 3. The maximum atomic E-state index is 9.90. The second kappa shape index (κ2) is 11.4. The van der Waals surface area contributed by atoms with Crippen molar-refractivity contribution in [2.45, 2.75) is 103 Å². The highest BCUT2D eigenvalue weighted by Gasteiger charge is 2.32. The van der Waals surface area contributed by atoms with Crippen LogP contribution in [0.5, 0.6) is 0 Å². The number of β-amino-alcohol motifs (C(OH)–C–C–N with tert-alkyl or cyclic N) is 1. The molecule has 21 heavy (non-hydrogen) atoms. The maximum Gasteiger partial charge on any atom is 0.0830 e. The summed E-state index contributed by atoms with van der Waals surface area (Å²) in [5.41, 5.74) is 5.99. The van der Waals surface area contributed by atoms with Crippen LogP contribution in [-0.2, 0) is 0 Å². The molecule has 0 amide bonds. The zero-order valence-corrected chi connectivity index (χ0v) is 14.4. The van der Waals surface area contributed by atoms with E-state index in [0.717, 1.165) is 13.1 Å². The van der Waals surface area contributed by atoms with Crippen molar-refractivity contribution in [1.29, 1.82) is 0 Å². The van der Waals surface area contributed by atoms with Crippen LogP contribution in [0.15, 0.2) is 0 Å². The Morgan fingerprint density at radius 1 is 0.905 bits per heavy atom. The Bertz CT molecular complexity index is 237. The van der Waals surface area contributed by atoms with Crippen LogP contribution < -0.4 is 5.73 Å². The van der Waals surface area contributed by atoms with E-state index in [1.807, 2.05) is 0 Å². The third-order valence-corrected chi connectivity index (χ3v) is 4.91. The summed E-state index contributed by atoms with van der Waals surface area (Å²) < 4.78 is 0. The maximum absolute atomic E-state index is 9.90. The van der Waals surface area contributed by atoms with Crippen molar-refractivity contribution in [3.63, 3.8) is 0 Å². The van der Waals surface area contributed by atoms with Gasteiger partial charge in [0.1, 0.15) is 0 Å². The zero-order valence-electron chi connectivity index (χ0n) is 14.4. The molecule has 0 saturated carbocycles. The molecular formula is C18H38N2O. The van der Waals surface area contributed by atoms with Crippen LogP contribution in [0.3, 0.4) is 0 Å². The predicted molar refractivity (Wildman–Crippen MR) is 91.5 cm³/mol. The zero-order chi connectivity index (χ0) is 15.5. The Balaban J connectivity index is 2.31. The molecule has 0 aliphatic carbocycles. The molecule has 1 aliphatic rings. The molecule has 0 aromatic heterocycles. The molecule has 1 heterocycles. The summed E-state index contributed by atoms with van der Waals surface area (Å²) in [6.07, 6.45) is 14.3. The molecule has 0 spiro atoms. The van der Waals surface area contributed by atoms with E-state index in [1.54, 1.807) is 0 Å². The van der Waals surface area contributed by atoms with Crippen molar-refractivity contribution in [3.8, 4) is 0 Å². The van der Waals surface area contributed by atoms with E-state index in [-0.39, 0.29) is 12.1 Å². The normalized spacial score (nSPS) is 24.6. The van der Waals surface area contributed by atoms with Crippen molar-refractivity contribution in [2.24, 2.45) is 5.73 Å². The smallest absolute Gasteiger partial charge is 0.0830 e. The van der Waals surface area contributed by atoms with Gasteiger partial charge in [0.25, 0.3) is 0 Å². The van der Waals surface area contributed by atoms with Crippen LogP contribution in [0.25, 0.3) is 0 Å². The molecule has 3 nitrogen and oxygen atoms in total. The Hall–Kier alpha value is -0.120. The van der Waals surface area contributed by atoms with Gasteiger partial charge in [-0.2, -0.15) is 0 Å². The van der Waals surface area contributed by atoms with E-state index in [2.05, 4.69) is 18.7 Å². The van der Waals surface area contributed by atoms with E-state index in [4.69, 9.17) is 5.73 Å². The summed E-state index contributed by atoms with van der Waals surface area (Å²) in [5, 5.41) is 9.90. The van der Waals surface area contributed by atoms with Gasteiger partial charge in [-0.1, -0.05) is 71.6 Å². The average Bonchev–Trinajstić information content (AvgIpc) is 2.80. The molecule has 1 rings (SSSR count). The molecule has 0 aromatic carbocycles. The minimum atomic E-state index is -0.316. The van der Waals surface area contributed by atoms with E-state index in [9.17, 15) is 5.11 Å². The van der Waals surface area contributed by atoms with E-state index in [1.165, 1.54) is 70.6 Å². The highest BCUT2D eigenvalue weighted by Crippen LogP contribution is 2.22. The second-order valence-corrected chi connectivity index (χ2v) is 6.89. The van der Waals surface area contributed by atoms with Crippen molar-refractivity contribution >= 4 is 0 Å². The summed E-state index contributed by atoms with van der Waals surface area (Å²) in [6.45, 7) is 6.20. The third kappa shape index (κ3) is 7.62. The Morgan fingerprint density at radius 3 is 1.90 bits per heavy atom. The second-order valence-electron chi connectivity index (χ2n) is 6.89. The molecule has 0 radical (unpaired) electrons. The van der Waals surface area contributed by atoms with Crippen LogP contribution in [0.4, 0.5) is 0 Å².